The summed E-state index contributed by atoms with van der Waals surface area (Å²) < 4.78 is 56.9. The number of aromatic nitrogens is 1. The molecule has 0 radical (unpaired) electrons. The number of thiophene rings is 1. The average molecular weight is 591 g/mol. The van der Waals surface area contributed by atoms with Crippen LogP contribution < -0.4 is 14.8 Å². The fourth-order valence-corrected chi connectivity index (χ4v) is 8.07. The zero-order valence-corrected chi connectivity index (χ0v) is 24.1. The summed E-state index contributed by atoms with van der Waals surface area (Å²) in [6.07, 6.45) is 6.08. The maximum atomic E-state index is 13.2. The Kier molecular flexibility index (Phi) is 7.68. The van der Waals surface area contributed by atoms with E-state index in [1.807, 2.05) is 23.1 Å². The van der Waals surface area contributed by atoms with Gasteiger partial charge in [-0.3, -0.25) is 4.90 Å². The number of nitrogens with one attached hydrogen (secondary N) is 2. The molecule has 1 aromatic carbocycles. The number of ether oxygens (including phenoxy) is 1. The van der Waals surface area contributed by atoms with Gasteiger partial charge in [0.2, 0.25) is 5.88 Å². The summed E-state index contributed by atoms with van der Waals surface area (Å²) in [7, 11) is -5.67. The first-order chi connectivity index (χ1) is 18.5. The normalized spacial score (nSPS) is 15.4. The number of carbonyl (C=O) groups excluding carboxylic acids is 1. The molecule has 1 aliphatic heterocycles. The summed E-state index contributed by atoms with van der Waals surface area (Å²) in [5.41, 5.74) is 5.10. The minimum absolute atomic E-state index is 0.0524. The SMILES string of the molecule is COc1cc(-c2ccc3c(c2NC(=O)NS(=O)(=O)c2cc4c(s2)CCN(CCS(C)(=O)=O)C4)CCC3)ccn1. The number of anilines is 1. The highest BCUT2D eigenvalue weighted by Gasteiger charge is 2.27. The van der Waals surface area contributed by atoms with E-state index >= 15 is 0 Å². The number of methoxy groups -OCH3 is 1. The molecule has 0 bridgehead atoms. The molecule has 1 aliphatic carbocycles. The first-order valence-electron chi connectivity index (χ1n) is 12.5. The van der Waals surface area contributed by atoms with Crippen molar-refractivity contribution in [3.05, 3.63) is 58.1 Å². The molecule has 13 heteroatoms. The number of fused-ring (bicyclic) bond motifs is 2. The lowest BCUT2D eigenvalue weighted by atomic mass is 9.98. The fraction of sp³-hybridized carbons (Fsp3) is 0.385. The Hall–Kier alpha value is -3.00. The summed E-state index contributed by atoms with van der Waals surface area (Å²) in [6.45, 7) is 1.51. The molecular weight excluding hydrogens is 561 g/mol. The van der Waals surface area contributed by atoms with Gasteiger partial charge in [-0.1, -0.05) is 12.1 Å². The average Bonchev–Trinajstić information content (AvgIpc) is 3.54. The van der Waals surface area contributed by atoms with Crippen LogP contribution in [0.4, 0.5) is 10.5 Å². The second-order valence-corrected chi connectivity index (χ2v) is 15.1. The molecule has 2 N–H and O–H groups in total. The largest absolute Gasteiger partial charge is 0.481 e. The number of urea groups is 1. The summed E-state index contributed by atoms with van der Waals surface area (Å²) in [5.74, 6) is 0.485. The molecule has 208 valence electrons. The molecule has 5 rings (SSSR count). The first kappa shape index (κ1) is 27.6. The lowest BCUT2D eigenvalue weighted by molar-refractivity contribution is 0.256. The predicted octanol–water partition coefficient (Wildman–Crippen LogP) is 3.22. The second-order valence-electron chi connectivity index (χ2n) is 9.80. The Morgan fingerprint density at radius 3 is 2.69 bits per heavy atom. The van der Waals surface area contributed by atoms with Gasteiger partial charge in [0.05, 0.1) is 18.6 Å². The molecule has 0 saturated carbocycles. The van der Waals surface area contributed by atoms with Crippen molar-refractivity contribution in [1.29, 1.82) is 0 Å². The third-order valence-electron chi connectivity index (χ3n) is 6.97. The summed E-state index contributed by atoms with van der Waals surface area (Å²) in [5, 5.41) is 2.82. The van der Waals surface area contributed by atoms with Crippen LogP contribution in [0.25, 0.3) is 11.1 Å². The lowest BCUT2D eigenvalue weighted by Crippen LogP contribution is -2.34. The standard InChI is InChI=1S/C26H30N4O6S3/c1-36-23-14-18(8-10-27-23)21-7-6-17-4-3-5-20(17)25(21)28-26(31)29-39(34,35)24-15-19-16-30(11-9-22(19)37-24)12-13-38(2,32)33/h6-8,10,14-15H,3-5,9,11-13,16H2,1-2H3,(H2,28,29,31). The molecule has 3 aromatic rings. The van der Waals surface area contributed by atoms with Crippen molar-refractivity contribution >= 4 is 42.9 Å². The quantitative estimate of drug-likeness (QED) is 0.408. The molecule has 0 fully saturated rings. The van der Waals surface area contributed by atoms with Crippen molar-refractivity contribution in [1.82, 2.24) is 14.6 Å². The molecule has 0 saturated heterocycles. The number of carbonyl (C=O) groups is 1. The topological polar surface area (TPSA) is 135 Å². The van der Waals surface area contributed by atoms with Crippen molar-refractivity contribution in [3.63, 3.8) is 0 Å². The van der Waals surface area contributed by atoms with E-state index in [2.05, 4.69) is 15.0 Å². The van der Waals surface area contributed by atoms with E-state index in [0.29, 0.717) is 37.6 Å². The Morgan fingerprint density at radius 1 is 1.10 bits per heavy atom. The van der Waals surface area contributed by atoms with Gasteiger partial charge in [0.15, 0.2) is 0 Å². The van der Waals surface area contributed by atoms with Gasteiger partial charge in [-0.25, -0.2) is 31.3 Å². The van der Waals surface area contributed by atoms with Gasteiger partial charge in [0.1, 0.15) is 14.0 Å². The monoisotopic (exact) mass is 590 g/mol. The van der Waals surface area contributed by atoms with Crippen molar-refractivity contribution in [2.45, 2.75) is 36.4 Å². The number of benzene rings is 1. The highest BCUT2D eigenvalue weighted by atomic mass is 32.2. The number of amides is 2. The number of sulfone groups is 1. The Balaban J connectivity index is 1.35. The van der Waals surface area contributed by atoms with Gasteiger partial charge < -0.3 is 10.1 Å². The van der Waals surface area contributed by atoms with Crippen LogP contribution in [0.15, 0.2) is 40.7 Å². The van der Waals surface area contributed by atoms with E-state index < -0.39 is 25.9 Å². The third kappa shape index (κ3) is 6.26. The lowest BCUT2D eigenvalue weighted by Gasteiger charge is -2.26. The second kappa shape index (κ2) is 10.9. The van der Waals surface area contributed by atoms with Crippen LogP contribution >= 0.6 is 11.3 Å². The Labute approximate surface area is 232 Å². The van der Waals surface area contributed by atoms with Gasteiger partial charge in [0.25, 0.3) is 10.0 Å². The molecule has 0 atom stereocenters. The molecule has 0 unspecified atom stereocenters. The number of nitrogens with zero attached hydrogens (tertiary/aromatic N) is 2. The molecular formula is C26H30N4O6S3. The van der Waals surface area contributed by atoms with Crippen LogP contribution in [0.1, 0.15) is 28.0 Å². The van der Waals surface area contributed by atoms with Crippen LogP contribution in [0.5, 0.6) is 5.88 Å². The molecule has 0 spiro atoms. The minimum atomic E-state index is -4.12. The van der Waals surface area contributed by atoms with Crippen molar-refractivity contribution in [2.24, 2.45) is 0 Å². The number of rotatable bonds is 8. The molecule has 3 heterocycles. The minimum Gasteiger partial charge on any atom is -0.481 e. The highest BCUT2D eigenvalue weighted by molar-refractivity contribution is 7.92. The van der Waals surface area contributed by atoms with Gasteiger partial charge in [-0.05, 0) is 60.1 Å². The van der Waals surface area contributed by atoms with Gasteiger partial charge in [-0.15, -0.1) is 11.3 Å². The van der Waals surface area contributed by atoms with E-state index in [1.54, 1.807) is 18.3 Å². The van der Waals surface area contributed by atoms with Gasteiger partial charge >= 0.3 is 6.03 Å². The van der Waals surface area contributed by atoms with Crippen molar-refractivity contribution in [3.8, 4) is 17.0 Å². The maximum Gasteiger partial charge on any atom is 0.333 e. The van der Waals surface area contributed by atoms with Crippen molar-refractivity contribution < 1.29 is 26.4 Å². The van der Waals surface area contributed by atoms with Gasteiger partial charge in [-0.2, -0.15) is 0 Å². The molecule has 10 nitrogen and oxygen atoms in total. The number of pyridine rings is 1. The zero-order chi connectivity index (χ0) is 27.8. The van der Waals surface area contributed by atoms with E-state index in [0.717, 1.165) is 63.3 Å². The highest BCUT2D eigenvalue weighted by Crippen LogP contribution is 2.38. The van der Waals surface area contributed by atoms with Crippen LogP contribution in [-0.4, -0.2) is 65.0 Å². The van der Waals surface area contributed by atoms with Crippen molar-refractivity contribution in [2.75, 3.05) is 37.5 Å². The smallest absolute Gasteiger partial charge is 0.333 e. The number of hydrogen-bond donors (Lipinski definition) is 2. The Morgan fingerprint density at radius 2 is 1.92 bits per heavy atom. The summed E-state index contributed by atoms with van der Waals surface area (Å²) in [6, 6.07) is 8.29. The number of aryl methyl sites for hydroxylation is 1. The number of sulfonamides is 1. The predicted molar refractivity (Wildman–Crippen MR) is 151 cm³/mol. The summed E-state index contributed by atoms with van der Waals surface area (Å²) in [4.78, 5) is 20.2. The summed E-state index contributed by atoms with van der Waals surface area (Å²) >= 11 is 1.14. The van der Waals surface area contributed by atoms with Crippen LogP contribution in [0.2, 0.25) is 0 Å². The van der Waals surface area contributed by atoms with E-state index in [-0.39, 0.29) is 9.96 Å². The molecule has 2 amide bonds. The van der Waals surface area contributed by atoms with Gasteiger partial charge in [0, 0.05) is 48.6 Å². The Bertz CT molecular complexity index is 1630. The molecule has 39 heavy (non-hydrogen) atoms. The maximum absolute atomic E-state index is 13.2. The molecule has 2 aromatic heterocycles. The first-order valence-corrected chi connectivity index (χ1v) is 16.9. The van der Waals surface area contributed by atoms with E-state index in [9.17, 15) is 21.6 Å². The third-order valence-corrected chi connectivity index (χ3v) is 10.9. The van der Waals surface area contributed by atoms with E-state index in [4.69, 9.17) is 4.74 Å². The molecule has 2 aliphatic rings. The van der Waals surface area contributed by atoms with Crippen LogP contribution in [0.3, 0.4) is 0 Å². The van der Waals surface area contributed by atoms with Crippen LogP contribution in [0, 0.1) is 0 Å². The zero-order valence-electron chi connectivity index (χ0n) is 21.7. The number of hydrogen-bond acceptors (Lipinski definition) is 9. The van der Waals surface area contributed by atoms with Crippen LogP contribution in [-0.2, 0) is 45.7 Å². The van der Waals surface area contributed by atoms with E-state index in [1.165, 1.54) is 13.4 Å². The fourth-order valence-electron chi connectivity index (χ4n) is 5.03.